The van der Waals surface area contributed by atoms with Gasteiger partial charge in [-0.25, -0.2) is 8.42 Å². The minimum Gasteiger partial charge on any atom is -0.291 e. The lowest BCUT2D eigenvalue weighted by Crippen LogP contribution is -2.29. The molecule has 0 bridgehead atoms. The molecule has 1 aliphatic rings. The smallest absolute Gasteiger partial charge is 0.264 e. The number of hydrogen-bond acceptors (Lipinski definition) is 3. The van der Waals surface area contributed by atoms with Gasteiger partial charge in [0.25, 0.3) is 10.0 Å². The maximum atomic E-state index is 13.1. The Morgan fingerprint density at radius 3 is 2.31 bits per heavy atom. The van der Waals surface area contributed by atoms with Crippen molar-refractivity contribution in [3.8, 4) is 0 Å². The van der Waals surface area contributed by atoms with E-state index in [2.05, 4.69) is 0 Å². The van der Waals surface area contributed by atoms with E-state index in [0.717, 1.165) is 25.7 Å². The third kappa shape index (κ3) is 3.90. The highest BCUT2D eigenvalue weighted by atomic mass is 32.2. The highest BCUT2D eigenvalue weighted by Gasteiger charge is 2.27. The first-order valence-electron chi connectivity index (χ1n) is 8.95. The molecule has 0 unspecified atom stereocenters. The van der Waals surface area contributed by atoms with Gasteiger partial charge in [0.05, 0.1) is 11.3 Å². The predicted octanol–water partition coefficient (Wildman–Crippen LogP) is 3.67. The minimum absolute atomic E-state index is 0.0476. The van der Waals surface area contributed by atoms with Gasteiger partial charge in [-0.1, -0.05) is 36.8 Å². The Bertz CT molecular complexity index is 873. The molecular formula is C20H25N2O3S+. The molecule has 2 aromatic carbocycles. The summed E-state index contributed by atoms with van der Waals surface area (Å²) in [7, 11) is -2.19. The van der Waals surface area contributed by atoms with Crippen molar-refractivity contribution >= 4 is 21.9 Å². The number of nitrogens with zero attached hydrogens (tertiary/aromatic N) is 2. The molecule has 1 N–H and O–H groups in total. The quantitative estimate of drug-likeness (QED) is 0.376. The fourth-order valence-electron chi connectivity index (χ4n) is 3.34. The Labute approximate surface area is 155 Å². The van der Waals surface area contributed by atoms with E-state index in [1.807, 2.05) is 6.07 Å². The number of para-hydroxylation sites is 1. The molecule has 0 aromatic heterocycles. The summed E-state index contributed by atoms with van der Waals surface area (Å²) in [6, 6.07) is 15.8. The first kappa shape index (κ1) is 18.5. The zero-order valence-electron chi connectivity index (χ0n) is 15.0. The lowest BCUT2D eigenvalue weighted by atomic mass is 9.96. The van der Waals surface area contributed by atoms with Crippen LogP contribution < -0.4 is 4.31 Å². The number of anilines is 1. The molecule has 138 valence electrons. The van der Waals surface area contributed by atoms with E-state index in [9.17, 15) is 13.6 Å². The van der Waals surface area contributed by atoms with Crippen LogP contribution >= 0.6 is 0 Å². The summed E-state index contributed by atoms with van der Waals surface area (Å²) in [5, 5.41) is 10.4. The Hall–Kier alpha value is -2.34. The van der Waals surface area contributed by atoms with Crippen molar-refractivity contribution in [1.82, 2.24) is 0 Å². The van der Waals surface area contributed by atoms with Crippen LogP contribution in [0.4, 0.5) is 5.69 Å². The van der Waals surface area contributed by atoms with Gasteiger partial charge in [-0.3, -0.25) is 9.51 Å². The van der Waals surface area contributed by atoms with Gasteiger partial charge in [0.15, 0.2) is 0 Å². The molecule has 0 radical (unpaired) electrons. The molecule has 26 heavy (non-hydrogen) atoms. The average molecular weight is 373 g/mol. The van der Waals surface area contributed by atoms with Crippen LogP contribution in [0.5, 0.6) is 0 Å². The number of hydrogen-bond donors (Lipinski definition) is 1. The zero-order valence-corrected chi connectivity index (χ0v) is 15.8. The van der Waals surface area contributed by atoms with Gasteiger partial charge in [-0.2, -0.15) is 0 Å². The molecular weight excluding hydrogens is 348 g/mol. The minimum atomic E-state index is -3.73. The van der Waals surface area contributed by atoms with Crippen molar-refractivity contribution in [1.29, 1.82) is 0 Å². The molecule has 1 saturated carbocycles. The van der Waals surface area contributed by atoms with Gasteiger partial charge < -0.3 is 0 Å². The fourth-order valence-corrected chi connectivity index (χ4v) is 4.70. The van der Waals surface area contributed by atoms with Gasteiger partial charge in [-0.15, -0.1) is 0 Å². The lowest BCUT2D eigenvalue weighted by molar-refractivity contribution is -0.797. The summed E-state index contributed by atoms with van der Waals surface area (Å²) in [4.78, 5) is 0.182. The SMILES string of the molecule is CN(c1ccccc1)S(=O)(=O)c1ccccc1/C=[N+](\O)C1CCCCC1. The standard InChI is InChI=1S/C20H25N2O3S/c1-21(18-11-4-2-5-12-18)26(24,25)20-15-9-8-10-17(20)16-22(23)19-13-6-3-7-14-19/h2,4-5,8-12,15-16,19,23H,3,6-7,13-14H2,1H3/q+1/b22-16-. The van der Waals surface area contributed by atoms with Crippen molar-refractivity contribution in [2.75, 3.05) is 11.4 Å². The van der Waals surface area contributed by atoms with E-state index < -0.39 is 10.0 Å². The van der Waals surface area contributed by atoms with Crippen molar-refractivity contribution in [3.05, 3.63) is 60.2 Å². The molecule has 1 fully saturated rings. The molecule has 0 saturated heterocycles. The molecule has 0 spiro atoms. The van der Waals surface area contributed by atoms with Crippen LogP contribution in [0.25, 0.3) is 0 Å². The molecule has 3 rings (SSSR count). The molecule has 5 nitrogen and oxygen atoms in total. The Morgan fingerprint density at radius 2 is 1.62 bits per heavy atom. The van der Waals surface area contributed by atoms with E-state index in [1.165, 1.54) is 15.5 Å². The van der Waals surface area contributed by atoms with Crippen LogP contribution in [-0.4, -0.2) is 37.7 Å². The maximum absolute atomic E-state index is 13.1. The second-order valence-corrected chi connectivity index (χ2v) is 8.58. The van der Waals surface area contributed by atoms with Crippen LogP contribution in [0, 0.1) is 0 Å². The van der Waals surface area contributed by atoms with E-state index in [-0.39, 0.29) is 10.9 Å². The summed E-state index contributed by atoms with van der Waals surface area (Å²) in [6.45, 7) is 0. The number of sulfonamides is 1. The largest absolute Gasteiger partial charge is 0.291 e. The van der Waals surface area contributed by atoms with Crippen LogP contribution in [0.1, 0.15) is 37.7 Å². The van der Waals surface area contributed by atoms with Crippen molar-refractivity contribution in [3.63, 3.8) is 0 Å². The Kier molecular flexibility index (Phi) is 5.61. The van der Waals surface area contributed by atoms with Gasteiger partial charge >= 0.3 is 0 Å². The Balaban J connectivity index is 1.96. The monoisotopic (exact) mass is 373 g/mol. The maximum Gasteiger partial charge on any atom is 0.264 e. The predicted molar refractivity (Wildman–Crippen MR) is 103 cm³/mol. The van der Waals surface area contributed by atoms with E-state index in [4.69, 9.17) is 0 Å². The number of rotatable bonds is 5. The van der Waals surface area contributed by atoms with E-state index >= 15 is 0 Å². The lowest BCUT2D eigenvalue weighted by Gasteiger charge is -2.20. The summed E-state index contributed by atoms with van der Waals surface area (Å²) in [6.07, 6.45) is 6.76. The third-order valence-electron chi connectivity index (χ3n) is 4.90. The molecule has 2 aromatic rings. The first-order valence-corrected chi connectivity index (χ1v) is 10.4. The van der Waals surface area contributed by atoms with E-state index in [1.54, 1.807) is 61.8 Å². The fraction of sp³-hybridized carbons (Fsp3) is 0.350. The van der Waals surface area contributed by atoms with Gasteiger partial charge in [0.1, 0.15) is 4.90 Å². The zero-order chi connectivity index (χ0) is 18.6. The summed E-state index contributed by atoms with van der Waals surface area (Å²) in [5.74, 6) is 0. The van der Waals surface area contributed by atoms with Gasteiger partial charge in [-0.05, 0) is 41.8 Å². The molecule has 0 amide bonds. The molecule has 0 aliphatic heterocycles. The second kappa shape index (κ2) is 7.91. The van der Waals surface area contributed by atoms with Crippen LogP contribution in [0.2, 0.25) is 0 Å². The molecule has 1 aliphatic carbocycles. The van der Waals surface area contributed by atoms with Crippen LogP contribution in [0.3, 0.4) is 0 Å². The number of benzene rings is 2. The van der Waals surface area contributed by atoms with Gasteiger partial charge in [0.2, 0.25) is 12.3 Å². The summed E-state index contributed by atoms with van der Waals surface area (Å²) in [5.41, 5.74) is 1.08. The highest BCUT2D eigenvalue weighted by Crippen LogP contribution is 2.24. The summed E-state index contributed by atoms with van der Waals surface area (Å²) >= 11 is 0. The van der Waals surface area contributed by atoms with Gasteiger partial charge in [0, 0.05) is 19.9 Å². The normalized spacial score (nSPS) is 16.4. The topological polar surface area (TPSA) is 60.6 Å². The molecule has 0 atom stereocenters. The molecule has 6 heteroatoms. The average Bonchev–Trinajstić information content (AvgIpc) is 2.69. The Morgan fingerprint density at radius 1 is 1.00 bits per heavy atom. The van der Waals surface area contributed by atoms with Crippen LogP contribution in [-0.2, 0) is 10.0 Å². The van der Waals surface area contributed by atoms with E-state index in [0.29, 0.717) is 11.3 Å². The van der Waals surface area contributed by atoms with Crippen molar-refractivity contribution < 1.29 is 18.4 Å². The summed E-state index contributed by atoms with van der Waals surface area (Å²) < 4.78 is 28.7. The third-order valence-corrected chi connectivity index (χ3v) is 6.76. The second-order valence-electron chi connectivity index (χ2n) is 6.65. The first-order chi connectivity index (χ1) is 12.5. The van der Waals surface area contributed by atoms with Crippen molar-refractivity contribution in [2.24, 2.45) is 0 Å². The molecule has 0 heterocycles. The van der Waals surface area contributed by atoms with Crippen molar-refractivity contribution in [2.45, 2.75) is 43.0 Å². The highest BCUT2D eigenvalue weighted by molar-refractivity contribution is 7.92. The number of hydroxylamine groups is 1. The van der Waals surface area contributed by atoms with Crippen LogP contribution in [0.15, 0.2) is 59.5 Å².